The third-order valence-corrected chi connectivity index (χ3v) is 0.997. The van der Waals surface area contributed by atoms with E-state index in [1.54, 1.807) is 4.57 Å². The Morgan fingerprint density at radius 2 is 2.50 bits per heavy atom. The average Bonchev–Trinajstić information content (AvgIpc) is 1.87. The maximum Gasteiger partial charge on any atom is 1.00 e. The van der Waals surface area contributed by atoms with Gasteiger partial charge in [-0.05, 0) is 11.7 Å². The van der Waals surface area contributed by atoms with Crippen LogP contribution in [0.25, 0.3) is 0 Å². The van der Waals surface area contributed by atoms with Gasteiger partial charge < -0.3 is 9.55 Å². The summed E-state index contributed by atoms with van der Waals surface area (Å²) in [6, 6.07) is 0. The Labute approximate surface area is 68.6 Å². The Bertz CT molecular complexity index is 146. The molecule has 0 amide bonds. The van der Waals surface area contributed by atoms with Crippen molar-refractivity contribution >= 4 is 15.9 Å². The molecule has 0 saturated carbocycles. The zero-order valence-electron chi connectivity index (χ0n) is 4.85. The molecule has 1 aromatic heterocycles. The molecule has 8 heavy (non-hydrogen) atoms. The molecule has 0 aromatic carbocycles. The summed E-state index contributed by atoms with van der Waals surface area (Å²) < 4.78 is 2.58. The molecule has 0 radical (unpaired) electrons. The Hall–Kier alpha value is 0.287. The van der Waals surface area contributed by atoms with E-state index >= 15 is 0 Å². The van der Waals surface area contributed by atoms with Gasteiger partial charge in [0.2, 0.25) is 0 Å². The van der Waals surface area contributed by atoms with Crippen molar-refractivity contribution < 1.29 is 18.9 Å². The Kier molecular flexibility index (Phi) is 3.46. The minimum absolute atomic E-state index is 0. The van der Waals surface area contributed by atoms with Gasteiger partial charge in [-0.2, -0.15) is 0 Å². The molecule has 0 bridgehead atoms. The van der Waals surface area contributed by atoms with Crippen LogP contribution >= 0.6 is 15.9 Å². The van der Waals surface area contributed by atoms with Gasteiger partial charge in [0.15, 0.2) is 0 Å². The molecule has 0 unspecified atom stereocenters. The third kappa shape index (κ3) is 2.04. The number of aromatic nitrogens is 2. The van der Waals surface area contributed by atoms with Crippen LogP contribution < -0.4 is 18.9 Å². The second-order valence-corrected chi connectivity index (χ2v) is 2.09. The van der Waals surface area contributed by atoms with Crippen LogP contribution in [0.4, 0.5) is 0 Å². The number of hydrogen-bond acceptors (Lipinski definition) is 1. The molecule has 0 fully saturated rings. The molecule has 4 heteroatoms. The maximum atomic E-state index is 3.77. The number of imidazole rings is 1. The van der Waals surface area contributed by atoms with Gasteiger partial charge in [-0.15, -0.1) is 22.1 Å². The molecule has 0 aliphatic carbocycles. The number of rotatable bonds is 0. The first kappa shape index (κ1) is 8.29. The fraction of sp³-hybridized carbons (Fsp3) is 0.250. The number of aryl methyl sites for hydroxylation is 1. The van der Waals surface area contributed by atoms with E-state index in [1.807, 2.05) is 13.2 Å². The second-order valence-electron chi connectivity index (χ2n) is 1.27. The SMILES string of the molecule is Cn1[c-]nc(Br)c1.[Li+]. The van der Waals surface area contributed by atoms with Gasteiger partial charge in [0.25, 0.3) is 0 Å². The van der Waals surface area contributed by atoms with Crippen molar-refractivity contribution in [3.05, 3.63) is 17.1 Å². The third-order valence-electron chi connectivity index (χ3n) is 0.615. The summed E-state index contributed by atoms with van der Waals surface area (Å²) in [6.45, 7) is 0. The summed E-state index contributed by atoms with van der Waals surface area (Å²) in [5, 5.41) is 0. The minimum Gasteiger partial charge on any atom is -0.455 e. The monoisotopic (exact) mass is 166 g/mol. The normalized spacial score (nSPS) is 8.25. The molecular weight excluding hydrogens is 163 g/mol. The van der Waals surface area contributed by atoms with Crippen molar-refractivity contribution in [3.8, 4) is 0 Å². The summed E-state index contributed by atoms with van der Waals surface area (Å²) in [5.41, 5.74) is 0. The maximum absolute atomic E-state index is 3.77. The molecule has 1 aromatic rings. The summed E-state index contributed by atoms with van der Waals surface area (Å²) in [7, 11) is 1.87. The predicted molar refractivity (Wildman–Crippen MR) is 29.7 cm³/mol. The molecule has 38 valence electrons. The first-order valence-corrected chi connectivity index (χ1v) is 2.65. The predicted octanol–water partition coefficient (Wildman–Crippen LogP) is -2.01. The van der Waals surface area contributed by atoms with Crippen molar-refractivity contribution in [2.24, 2.45) is 7.05 Å². The first-order valence-electron chi connectivity index (χ1n) is 1.85. The van der Waals surface area contributed by atoms with Crippen molar-refractivity contribution in [2.75, 3.05) is 0 Å². The Balaban J connectivity index is 0.000000490. The number of nitrogens with zero attached hydrogens (tertiary/aromatic N) is 2. The quantitative estimate of drug-likeness (QED) is 0.322. The molecule has 1 heterocycles. The van der Waals surface area contributed by atoms with Crippen LogP contribution in [-0.2, 0) is 7.05 Å². The van der Waals surface area contributed by atoms with E-state index in [-0.39, 0.29) is 18.9 Å². The molecule has 0 atom stereocenters. The Morgan fingerprint density at radius 3 is 2.62 bits per heavy atom. The van der Waals surface area contributed by atoms with Crippen LogP contribution in [0.5, 0.6) is 0 Å². The van der Waals surface area contributed by atoms with Crippen LogP contribution in [0.1, 0.15) is 0 Å². The van der Waals surface area contributed by atoms with E-state index in [1.165, 1.54) is 0 Å². The summed E-state index contributed by atoms with van der Waals surface area (Å²) in [5.74, 6) is 0. The molecular formula is C4H4BrLiN2. The fourth-order valence-electron chi connectivity index (χ4n) is 0.344. The average molecular weight is 167 g/mol. The van der Waals surface area contributed by atoms with Crippen molar-refractivity contribution in [1.82, 2.24) is 9.55 Å². The minimum atomic E-state index is 0. The topological polar surface area (TPSA) is 17.8 Å². The number of hydrogen-bond donors (Lipinski definition) is 0. The Morgan fingerprint density at radius 1 is 1.88 bits per heavy atom. The molecule has 0 spiro atoms. The zero-order valence-corrected chi connectivity index (χ0v) is 6.44. The molecule has 0 aliphatic heterocycles. The molecule has 1 rings (SSSR count). The zero-order chi connectivity index (χ0) is 5.28. The van der Waals surface area contributed by atoms with Crippen molar-refractivity contribution in [2.45, 2.75) is 0 Å². The van der Waals surface area contributed by atoms with Gasteiger partial charge >= 0.3 is 18.9 Å². The van der Waals surface area contributed by atoms with Gasteiger partial charge in [0.1, 0.15) is 0 Å². The first-order chi connectivity index (χ1) is 3.29. The summed E-state index contributed by atoms with van der Waals surface area (Å²) in [4.78, 5) is 3.77. The van der Waals surface area contributed by atoms with Crippen LogP contribution in [0, 0.1) is 6.33 Å². The number of halogens is 1. The second kappa shape index (κ2) is 3.34. The van der Waals surface area contributed by atoms with Gasteiger partial charge in [0, 0.05) is 6.33 Å². The van der Waals surface area contributed by atoms with Crippen LogP contribution in [0.15, 0.2) is 10.8 Å². The summed E-state index contributed by atoms with van der Waals surface area (Å²) >= 11 is 3.17. The van der Waals surface area contributed by atoms with E-state index in [0.29, 0.717) is 0 Å². The van der Waals surface area contributed by atoms with Crippen molar-refractivity contribution in [1.29, 1.82) is 0 Å². The van der Waals surface area contributed by atoms with E-state index in [9.17, 15) is 0 Å². The van der Waals surface area contributed by atoms with Gasteiger partial charge in [-0.25, -0.2) is 0 Å². The molecule has 0 N–H and O–H groups in total. The largest absolute Gasteiger partial charge is 1.00 e. The fourth-order valence-corrected chi connectivity index (χ4v) is 0.731. The van der Waals surface area contributed by atoms with E-state index in [2.05, 4.69) is 27.2 Å². The van der Waals surface area contributed by atoms with Gasteiger partial charge in [0.05, 0.1) is 0 Å². The molecule has 0 saturated heterocycles. The smallest absolute Gasteiger partial charge is 0.455 e. The van der Waals surface area contributed by atoms with Crippen LogP contribution in [0.2, 0.25) is 0 Å². The summed E-state index contributed by atoms with van der Waals surface area (Å²) in [6.07, 6.45) is 4.52. The van der Waals surface area contributed by atoms with Gasteiger partial charge in [-0.3, -0.25) is 0 Å². The van der Waals surface area contributed by atoms with E-state index in [4.69, 9.17) is 0 Å². The van der Waals surface area contributed by atoms with Gasteiger partial charge in [-0.1, -0.05) is 0 Å². The van der Waals surface area contributed by atoms with E-state index < -0.39 is 0 Å². The van der Waals surface area contributed by atoms with Crippen molar-refractivity contribution in [3.63, 3.8) is 0 Å². The van der Waals surface area contributed by atoms with Crippen LogP contribution in [-0.4, -0.2) is 9.55 Å². The van der Waals surface area contributed by atoms with Crippen LogP contribution in [0.3, 0.4) is 0 Å². The molecule has 2 nitrogen and oxygen atoms in total. The van der Waals surface area contributed by atoms with E-state index in [0.717, 1.165) is 4.60 Å². The standard InChI is InChI=1S/C4H4BrN2.Li/c1-7-2-4(5)6-3-7;/h2H,1H3;/q-1;+1. The molecule has 0 aliphatic rings.